The lowest BCUT2D eigenvalue weighted by Crippen LogP contribution is -2.35. The van der Waals surface area contributed by atoms with Crippen LogP contribution in [-0.4, -0.2) is 38.5 Å². The lowest BCUT2D eigenvalue weighted by atomic mass is 10.1. The van der Waals surface area contributed by atoms with Gasteiger partial charge in [-0.2, -0.15) is 0 Å². The van der Waals surface area contributed by atoms with Crippen LogP contribution in [0.4, 0.5) is 0 Å². The van der Waals surface area contributed by atoms with E-state index in [1.54, 1.807) is 12.1 Å². The van der Waals surface area contributed by atoms with E-state index in [2.05, 4.69) is 4.74 Å². The molecule has 0 fully saturated rings. The molecule has 0 aliphatic carbocycles. The smallest absolute Gasteiger partial charge is 0.324 e. The number of benzene rings is 1. The third kappa shape index (κ3) is 4.33. The number of aliphatic carboxylic acids is 1. The molecule has 0 aromatic heterocycles. The van der Waals surface area contributed by atoms with Gasteiger partial charge in [-0.1, -0.05) is 29.3 Å². The standard InChI is InChI=1S/C13H18O5S/c1-9-4-10(2)6-11(5-9)8-19(16,17)12(7-18-3)13(14)15/h4-6,12H,7-8H2,1-3H3,(H,14,15). The van der Waals surface area contributed by atoms with Crippen LogP contribution in [0.15, 0.2) is 18.2 Å². The average Bonchev–Trinajstić information content (AvgIpc) is 2.22. The third-order valence-corrected chi connectivity index (χ3v) is 4.62. The second kappa shape index (κ2) is 6.16. The Labute approximate surface area is 113 Å². The second-order valence-electron chi connectivity index (χ2n) is 4.59. The van der Waals surface area contributed by atoms with Crippen molar-refractivity contribution in [2.45, 2.75) is 24.9 Å². The van der Waals surface area contributed by atoms with Gasteiger partial charge in [0.05, 0.1) is 12.4 Å². The summed E-state index contributed by atoms with van der Waals surface area (Å²) in [7, 11) is -2.51. The van der Waals surface area contributed by atoms with Gasteiger partial charge >= 0.3 is 5.97 Å². The van der Waals surface area contributed by atoms with Crippen LogP contribution in [0, 0.1) is 13.8 Å². The van der Waals surface area contributed by atoms with E-state index >= 15 is 0 Å². The van der Waals surface area contributed by atoms with Gasteiger partial charge in [0.15, 0.2) is 15.1 Å². The van der Waals surface area contributed by atoms with E-state index in [0.717, 1.165) is 11.1 Å². The first-order valence-corrected chi connectivity index (χ1v) is 7.48. The Kier molecular flexibility index (Phi) is 5.08. The highest BCUT2D eigenvalue weighted by Gasteiger charge is 2.32. The minimum absolute atomic E-state index is 0.296. The first-order valence-electron chi connectivity index (χ1n) is 5.76. The van der Waals surface area contributed by atoms with Gasteiger partial charge in [0.2, 0.25) is 0 Å². The maximum Gasteiger partial charge on any atom is 0.324 e. The monoisotopic (exact) mass is 286 g/mol. The molecule has 0 radical (unpaired) electrons. The Morgan fingerprint density at radius 3 is 2.21 bits per heavy atom. The number of sulfone groups is 1. The summed E-state index contributed by atoms with van der Waals surface area (Å²) >= 11 is 0. The summed E-state index contributed by atoms with van der Waals surface area (Å²) in [4.78, 5) is 11.0. The fraction of sp³-hybridized carbons (Fsp3) is 0.462. The van der Waals surface area contributed by atoms with Gasteiger partial charge in [0, 0.05) is 7.11 Å². The van der Waals surface area contributed by atoms with Crippen LogP contribution >= 0.6 is 0 Å². The van der Waals surface area contributed by atoms with Crippen molar-refractivity contribution in [3.8, 4) is 0 Å². The predicted octanol–water partition coefficient (Wildman–Crippen LogP) is 1.32. The van der Waals surface area contributed by atoms with E-state index in [4.69, 9.17) is 5.11 Å². The minimum Gasteiger partial charge on any atom is -0.480 e. The molecule has 0 saturated carbocycles. The predicted molar refractivity (Wildman–Crippen MR) is 71.8 cm³/mol. The summed E-state index contributed by atoms with van der Waals surface area (Å²) < 4.78 is 28.9. The van der Waals surface area contributed by atoms with E-state index in [9.17, 15) is 13.2 Å². The number of carbonyl (C=O) groups is 1. The van der Waals surface area contributed by atoms with Crippen LogP contribution in [0.3, 0.4) is 0 Å². The third-order valence-electron chi connectivity index (χ3n) is 2.68. The average molecular weight is 286 g/mol. The lowest BCUT2D eigenvalue weighted by Gasteiger charge is -2.13. The van der Waals surface area contributed by atoms with Gasteiger partial charge < -0.3 is 9.84 Å². The molecule has 0 aliphatic heterocycles. The highest BCUT2D eigenvalue weighted by molar-refractivity contribution is 7.92. The molecule has 0 aliphatic rings. The zero-order valence-electron chi connectivity index (χ0n) is 11.2. The number of methoxy groups -OCH3 is 1. The van der Waals surface area contributed by atoms with Crippen LogP contribution < -0.4 is 0 Å². The van der Waals surface area contributed by atoms with Crippen molar-refractivity contribution in [1.29, 1.82) is 0 Å². The Balaban J connectivity index is 3.03. The highest BCUT2D eigenvalue weighted by atomic mass is 32.2. The van der Waals surface area contributed by atoms with Crippen molar-refractivity contribution in [1.82, 2.24) is 0 Å². The molecule has 0 saturated heterocycles. The van der Waals surface area contributed by atoms with E-state index in [-0.39, 0.29) is 12.4 Å². The maximum atomic E-state index is 12.1. The number of aryl methyl sites for hydroxylation is 2. The molecule has 0 amide bonds. The molecule has 1 N–H and O–H groups in total. The minimum atomic E-state index is -3.79. The normalized spacial score (nSPS) is 13.2. The molecule has 0 heterocycles. The zero-order valence-corrected chi connectivity index (χ0v) is 12.0. The SMILES string of the molecule is COCC(C(=O)O)S(=O)(=O)Cc1cc(C)cc(C)c1. The summed E-state index contributed by atoms with van der Waals surface area (Å²) in [6, 6.07) is 5.42. The van der Waals surface area contributed by atoms with Gasteiger partial charge in [-0.15, -0.1) is 0 Å². The number of carboxylic acid groups (broad SMARTS) is 1. The Bertz CT molecular complexity index is 542. The molecular weight excluding hydrogens is 268 g/mol. The second-order valence-corrected chi connectivity index (χ2v) is 6.77. The summed E-state index contributed by atoms with van der Waals surface area (Å²) in [5.74, 6) is -1.68. The largest absolute Gasteiger partial charge is 0.480 e. The molecule has 106 valence electrons. The van der Waals surface area contributed by atoms with Crippen molar-refractivity contribution in [2.75, 3.05) is 13.7 Å². The summed E-state index contributed by atoms with van der Waals surface area (Å²) in [5, 5.41) is 7.44. The van der Waals surface area contributed by atoms with Crippen molar-refractivity contribution >= 4 is 15.8 Å². The molecule has 6 heteroatoms. The highest BCUT2D eigenvalue weighted by Crippen LogP contribution is 2.15. The molecule has 1 rings (SSSR count). The van der Waals surface area contributed by atoms with E-state index in [1.165, 1.54) is 7.11 Å². The zero-order chi connectivity index (χ0) is 14.6. The maximum absolute atomic E-state index is 12.1. The molecular formula is C13H18O5S. The first-order chi connectivity index (χ1) is 8.76. The molecule has 1 unspecified atom stereocenters. The number of ether oxygens (including phenoxy) is 1. The molecule has 0 spiro atoms. The van der Waals surface area contributed by atoms with E-state index < -0.39 is 21.1 Å². The quantitative estimate of drug-likeness (QED) is 0.853. The van der Waals surface area contributed by atoms with Crippen LogP contribution in [0.2, 0.25) is 0 Å². The van der Waals surface area contributed by atoms with Crippen molar-refractivity contribution in [3.63, 3.8) is 0 Å². The number of hydrogen-bond donors (Lipinski definition) is 1. The molecule has 1 aromatic carbocycles. The van der Waals surface area contributed by atoms with Gasteiger partial charge in [-0.25, -0.2) is 8.42 Å². The van der Waals surface area contributed by atoms with Crippen LogP contribution in [0.1, 0.15) is 16.7 Å². The molecule has 5 nitrogen and oxygen atoms in total. The number of hydrogen-bond acceptors (Lipinski definition) is 4. The Hall–Kier alpha value is -1.40. The first kappa shape index (κ1) is 15.7. The Morgan fingerprint density at radius 2 is 1.79 bits per heavy atom. The fourth-order valence-corrected chi connectivity index (χ4v) is 3.45. The lowest BCUT2D eigenvalue weighted by molar-refractivity contribution is -0.137. The van der Waals surface area contributed by atoms with Crippen molar-refractivity contribution in [2.24, 2.45) is 0 Å². The number of carboxylic acids is 1. The molecule has 1 atom stereocenters. The van der Waals surface area contributed by atoms with Crippen molar-refractivity contribution in [3.05, 3.63) is 34.9 Å². The fourth-order valence-electron chi connectivity index (χ4n) is 1.97. The van der Waals surface area contributed by atoms with Crippen molar-refractivity contribution < 1.29 is 23.1 Å². The van der Waals surface area contributed by atoms with Gasteiger partial charge in [-0.3, -0.25) is 4.79 Å². The van der Waals surface area contributed by atoms with Gasteiger partial charge in [0.25, 0.3) is 0 Å². The van der Waals surface area contributed by atoms with E-state index in [0.29, 0.717) is 5.56 Å². The van der Waals surface area contributed by atoms with Crippen LogP contribution in [0.25, 0.3) is 0 Å². The Morgan fingerprint density at radius 1 is 1.26 bits per heavy atom. The van der Waals surface area contributed by atoms with Gasteiger partial charge in [-0.05, 0) is 19.4 Å². The summed E-state index contributed by atoms with van der Waals surface area (Å²) in [6.07, 6.45) is 0. The molecule has 1 aromatic rings. The van der Waals surface area contributed by atoms with Crippen LogP contribution in [-0.2, 0) is 25.1 Å². The number of rotatable bonds is 6. The van der Waals surface area contributed by atoms with Crippen LogP contribution in [0.5, 0.6) is 0 Å². The topological polar surface area (TPSA) is 80.7 Å². The van der Waals surface area contributed by atoms with E-state index in [1.807, 2.05) is 19.9 Å². The van der Waals surface area contributed by atoms with Gasteiger partial charge in [0.1, 0.15) is 0 Å². The molecule has 19 heavy (non-hydrogen) atoms. The molecule has 0 bridgehead atoms. The summed E-state index contributed by atoms with van der Waals surface area (Å²) in [6.45, 7) is 3.39. The summed E-state index contributed by atoms with van der Waals surface area (Å²) in [5.41, 5.74) is 2.49.